The minimum atomic E-state index is -0.657. The molecule has 0 saturated carbocycles. The van der Waals surface area contributed by atoms with Crippen molar-refractivity contribution in [3.05, 3.63) is 46.8 Å². The number of carbonyl (C=O) groups excluding carboxylic acids is 3. The molecule has 1 atom stereocenters. The predicted octanol–water partition coefficient (Wildman–Crippen LogP) is 2.57. The quantitative estimate of drug-likeness (QED) is 0.352. The summed E-state index contributed by atoms with van der Waals surface area (Å²) in [6.07, 6.45) is 2.22. The normalized spacial score (nSPS) is 17.5. The summed E-state index contributed by atoms with van der Waals surface area (Å²) in [6, 6.07) is 6.35. The molecule has 4 rings (SSSR count). The van der Waals surface area contributed by atoms with Gasteiger partial charge in [0.05, 0.1) is 32.0 Å². The van der Waals surface area contributed by atoms with Crippen molar-refractivity contribution < 1.29 is 38.1 Å². The van der Waals surface area contributed by atoms with E-state index in [4.69, 9.17) is 23.7 Å². The van der Waals surface area contributed by atoms with E-state index in [0.717, 1.165) is 30.8 Å². The second-order valence-electron chi connectivity index (χ2n) is 9.18. The molecule has 3 heterocycles. The Kier molecular flexibility index (Phi) is 8.83. The highest BCUT2D eigenvalue weighted by Gasteiger charge is 2.23. The van der Waals surface area contributed by atoms with Crippen LogP contribution in [0, 0.1) is 13.8 Å². The molecule has 2 aliphatic heterocycles. The molecule has 1 aromatic heterocycles. The van der Waals surface area contributed by atoms with Crippen molar-refractivity contribution in [3.8, 4) is 11.5 Å². The molecular weight excluding hydrogens is 480 g/mol. The number of ketones is 1. The van der Waals surface area contributed by atoms with E-state index in [1.165, 1.54) is 19.2 Å². The fourth-order valence-electron chi connectivity index (χ4n) is 4.61. The van der Waals surface area contributed by atoms with Gasteiger partial charge in [-0.25, -0.2) is 4.79 Å². The van der Waals surface area contributed by atoms with Crippen LogP contribution in [0.3, 0.4) is 0 Å². The smallest absolute Gasteiger partial charge is 0.338 e. The molecular formula is C27H34N2O8. The van der Waals surface area contributed by atoms with Crippen LogP contribution in [-0.4, -0.2) is 86.5 Å². The van der Waals surface area contributed by atoms with Gasteiger partial charge >= 0.3 is 5.97 Å². The number of carbonyl (C=O) groups is 3. The number of ether oxygens (including phenoxy) is 5. The molecule has 2 aromatic rings. The lowest BCUT2D eigenvalue weighted by molar-refractivity contribution is -0.137. The standard InChI is InChI=1S/C27H34N2O8/c1-18-13-22(19(2)29(18)15-21-5-4-10-35-21)23(30)16-37-27(32)20-6-7-24(25(14-20)33-3)36-17-26(31)28-8-11-34-12-9-28/h6-7,13-14,21H,4-5,8-12,15-17H2,1-3H3/t21-/m1/s1. The first-order valence-electron chi connectivity index (χ1n) is 12.5. The third-order valence-corrected chi connectivity index (χ3v) is 6.73. The van der Waals surface area contributed by atoms with E-state index in [0.29, 0.717) is 44.2 Å². The highest BCUT2D eigenvalue weighted by molar-refractivity contribution is 6.00. The highest BCUT2D eigenvalue weighted by atomic mass is 16.5. The number of methoxy groups -OCH3 is 1. The van der Waals surface area contributed by atoms with Gasteiger partial charge in [0, 0.05) is 43.2 Å². The number of hydrogen-bond acceptors (Lipinski definition) is 8. The van der Waals surface area contributed by atoms with Gasteiger partial charge in [-0.3, -0.25) is 9.59 Å². The Hall–Kier alpha value is -3.37. The number of Topliss-reactive ketones (excluding diaryl/α,β-unsaturated/α-hetero) is 1. The minimum Gasteiger partial charge on any atom is -0.493 e. The fraction of sp³-hybridized carbons (Fsp3) is 0.519. The molecule has 0 bridgehead atoms. The molecule has 0 radical (unpaired) electrons. The molecule has 10 nitrogen and oxygen atoms in total. The zero-order chi connectivity index (χ0) is 26.4. The predicted molar refractivity (Wildman–Crippen MR) is 133 cm³/mol. The van der Waals surface area contributed by atoms with Gasteiger partial charge in [0.25, 0.3) is 5.91 Å². The van der Waals surface area contributed by atoms with E-state index in [1.54, 1.807) is 11.0 Å². The van der Waals surface area contributed by atoms with Crippen molar-refractivity contribution in [2.24, 2.45) is 0 Å². The number of hydrogen-bond donors (Lipinski definition) is 0. The van der Waals surface area contributed by atoms with Crippen LogP contribution in [0.4, 0.5) is 0 Å². The van der Waals surface area contributed by atoms with Gasteiger partial charge in [0.1, 0.15) is 0 Å². The van der Waals surface area contributed by atoms with Gasteiger partial charge < -0.3 is 33.2 Å². The first kappa shape index (κ1) is 26.7. The Labute approximate surface area is 216 Å². The van der Waals surface area contributed by atoms with Crippen LogP contribution in [0.5, 0.6) is 11.5 Å². The molecule has 0 spiro atoms. The van der Waals surface area contributed by atoms with E-state index in [9.17, 15) is 14.4 Å². The van der Waals surface area contributed by atoms with Crippen LogP contribution in [0.1, 0.15) is 44.9 Å². The molecule has 0 aliphatic carbocycles. The molecule has 2 saturated heterocycles. The third-order valence-electron chi connectivity index (χ3n) is 6.73. The zero-order valence-corrected chi connectivity index (χ0v) is 21.6. The van der Waals surface area contributed by atoms with E-state index >= 15 is 0 Å². The van der Waals surface area contributed by atoms with Crippen molar-refractivity contribution in [2.45, 2.75) is 39.3 Å². The summed E-state index contributed by atoms with van der Waals surface area (Å²) in [5.41, 5.74) is 2.55. The third kappa shape index (κ3) is 6.50. The van der Waals surface area contributed by atoms with Crippen molar-refractivity contribution in [1.82, 2.24) is 9.47 Å². The lowest BCUT2D eigenvalue weighted by Gasteiger charge is -2.26. The maximum atomic E-state index is 12.9. The monoisotopic (exact) mass is 514 g/mol. The van der Waals surface area contributed by atoms with Crippen LogP contribution in [0.2, 0.25) is 0 Å². The Balaban J connectivity index is 1.33. The van der Waals surface area contributed by atoms with Gasteiger partial charge in [-0.1, -0.05) is 0 Å². The lowest BCUT2D eigenvalue weighted by atomic mass is 10.1. The number of aromatic nitrogens is 1. The zero-order valence-electron chi connectivity index (χ0n) is 21.6. The van der Waals surface area contributed by atoms with E-state index in [-0.39, 0.29) is 42.3 Å². The molecule has 0 N–H and O–H groups in total. The first-order chi connectivity index (χ1) is 17.9. The van der Waals surface area contributed by atoms with Crippen LogP contribution in [0.15, 0.2) is 24.3 Å². The molecule has 200 valence electrons. The van der Waals surface area contributed by atoms with Gasteiger partial charge in [-0.05, 0) is 51.0 Å². The summed E-state index contributed by atoms with van der Waals surface area (Å²) in [5.74, 6) is -0.463. The second kappa shape index (κ2) is 12.2. The second-order valence-corrected chi connectivity index (χ2v) is 9.18. The lowest BCUT2D eigenvalue weighted by Crippen LogP contribution is -2.43. The van der Waals surface area contributed by atoms with Crippen LogP contribution >= 0.6 is 0 Å². The molecule has 0 unspecified atom stereocenters. The van der Waals surface area contributed by atoms with Gasteiger partial charge in [-0.2, -0.15) is 0 Å². The number of morpholine rings is 1. The summed E-state index contributed by atoms with van der Waals surface area (Å²) in [5, 5.41) is 0. The van der Waals surface area contributed by atoms with Crippen LogP contribution in [0.25, 0.3) is 0 Å². The summed E-state index contributed by atoms with van der Waals surface area (Å²) >= 11 is 0. The van der Waals surface area contributed by atoms with Crippen molar-refractivity contribution in [1.29, 1.82) is 0 Å². The number of aryl methyl sites for hydroxylation is 1. The van der Waals surface area contributed by atoms with Crippen LogP contribution < -0.4 is 9.47 Å². The molecule has 10 heteroatoms. The maximum Gasteiger partial charge on any atom is 0.338 e. The fourth-order valence-corrected chi connectivity index (χ4v) is 4.61. The highest BCUT2D eigenvalue weighted by Crippen LogP contribution is 2.28. The number of benzene rings is 1. The van der Waals surface area contributed by atoms with E-state index in [2.05, 4.69) is 4.57 Å². The van der Waals surface area contributed by atoms with Crippen molar-refractivity contribution in [3.63, 3.8) is 0 Å². The van der Waals surface area contributed by atoms with Crippen LogP contribution in [-0.2, 0) is 25.5 Å². The SMILES string of the molecule is COc1cc(C(=O)OCC(=O)c2cc(C)n(C[C@H]3CCCO3)c2C)ccc1OCC(=O)N1CCOCC1. The maximum absolute atomic E-state index is 12.9. The molecule has 2 aliphatic rings. The Morgan fingerprint density at radius 3 is 2.51 bits per heavy atom. The minimum absolute atomic E-state index is 0.150. The Morgan fingerprint density at radius 1 is 1.03 bits per heavy atom. The Morgan fingerprint density at radius 2 is 1.81 bits per heavy atom. The average molecular weight is 515 g/mol. The summed E-state index contributed by atoms with van der Waals surface area (Å²) < 4.78 is 29.3. The van der Waals surface area contributed by atoms with Gasteiger partial charge in [0.2, 0.25) is 5.78 Å². The van der Waals surface area contributed by atoms with Gasteiger partial charge in [0.15, 0.2) is 24.7 Å². The van der Waals surface area contributed by atoms with Crippen molar-refractivity contribution >= 4 is 17.7 Å². The Bertz CT molecular complexity index is 1130. The first-order valence-corrected chi connectivity index (χ1v) is 12.5. The molecule has 37 heavy (non-hydrogen) atoms. The van der Waals surface area contributed by atoms with Crippen molar-refractivity contribution in [2.75, 3.05) is 53.2 Å². The molecule has 1 amide bonds. The average Bonchev–Trinajstić information content (AvgIpc) is 3.54. The number of rotatable bonds is 10. The number of amides is 1. The topological polar surface area (TPSA) is 106 Å². The van der Waals surface area contributed by atoms with E-state index < -0.39 is 5.97 Å². The largest absolute Gasteiger partial charge is 0.493 e. The summed E-state index contributed by atoms with van der Waals surface area (Å²) in [4.78, 5) is 39.5. The molecule has 1 aromatic carbocycles. The summed E-state index contributed by atoms with van der Waals surface area (Å²) in [6.45, 7) is 6.87. The molecule has 2 fully saturated rings. The van der Waals surface area contributed by atoms with E-state index in [1.807, 2.05) is 19.9 Å². The number of nitrogens with zero attached hydrogens (tertiary/aromatic N) is 2. The summed E-state index contributed by atoms with van der Waals surface area (Å²) in [7, 11) is 1.44. The van der Waals surface area contributed by atoms with Gasteiger partial charge in [-0.15, -0.1) is 0 Å². The number of esters is 1.